The van der Waals surface area contributed by atoms with E-state index in [1.165, 1.54) is 28.0 Å². The minimum atomic E-state index is 0.286. The molecule has 0 atom stereocenters. The maximum atomic E-state index is 9.15. The van der Waals surface area contributed by atoms with Crippen LogP contribution in [0.4, 0.5) is 11.5 Å². The summed E-state index contributed by atoms with van der Waals surface area (Å²) in [6.45, 7) is 3.07. The molecule has 5 heteroatoms. The zero-order chi connectivity index (χ0) is 16.5. The van der Waals surface area contributed by atoms with Gasteiger partial charge in [0.1, 0.15) is 6.07 Å². The molecule has 0 saturated carbocycles. The first-order chi connectivity index (χ1) is 11.8. The quantitative estimate of drug-likeness (QED) is 0.615. The number of fused-ring (bicyclic) bond motifs is 3. The fraction of sp³-hybridized carbons (Fsp3) is 0.105. The number of hydrogen-bond donors (Lipinski definition) is 1. The van der Waals surface area contributed by atoms with E-state index < -0.39 is 0 Å². The molecule has 0 spiro atoms. The van der Waals surface area contributed by atoms with Gasteiger partial charge in [0, 0.05) is 46.4 Å². The summed E-state index contributed by atoms with van der Waals surface area (Å²) in [6, 6.07) is 16.6. The molecule has 2 aromatic carbocycles. The largest absolute Gasteiger partial charge is 0.341 e. The molecule has 0 aliphatic carbocycles. The summed E-state index contributed by atoms with van der Waals surface area (Å²) >= 11 is 0. The Hall–Kier alpha value is -3.39. The van der Waals surface area contributed by atoms with E-state index in [9.17, 15) is 0 Å². The van der Waals surface area contributed by atoms with Gasteiger partial charge in [-0.25, -0.2) is 9.97 Å². The van der Waals surface area contributed by atoms with Crippen molar-refractivity contribution >= 4 is 33.3 Å². The average Bonchev–Trinajstić information content (AvgIpc) is 2.95. The Balaban J connectivity index is 1.87. The summed E-state index contributed by atoms with van der Waals surface area (Å²) in [4.78, 5) is 8.24. The predicted molar refractivity (Wildman–Crippen MR) is 95.1 cm³/mol. The lowest BCUT2D eigenvalue weighted by Gasteiger charge is -2.07. The second kappa shape index (κ2) is 5.67. The Kier molecular flexibility index (Phi) is 3.36. The van der Waals surface area contributed by atoms with E-state index in [1.807, 2.05) is 6.07 Å². The summed E-state index contributed by atoms with van der Waals surface area (Å²) in [7, 11) is 0. The van der Waals surface area contributed by atoms with Gasteiger partial charge in [-0.05, 0) is 31.2 Å². The van der Waals surface area contributed by atoms with Gasteiger partial charge in [0.2, 0.25) is 0 Å². The number of rotatable bonds is 3. The normalized spacial score (nSPS) is 10.8. The molecule has 0 amide bonds. The number of nitrogens with zero attached hydrogens (tertiary/aromatic N) is 4. The molecule has 0 unspecified atom stereocenters. The van der Waals surface area contributed by atoms with Crippen LogP contribution in [-0.2, 0) is 6.54 Å². The Bertz CT molecular complexity index is 1090. The summed E-state index contributed by atoms with van der Waals surface area (Å²) in [5, 5.41) is 14.8. The molecule has 0 radical (unpaired) electrons. The van der Waals surface area contributed by atoms with Crippen LogP contribution in [0.15, 0.2) is 54.9 Å². The molecular formula is C19H15N5. The first kappa shape index (κ1) is 14.2. The second-order valence-corrected chi connectivity index (χ2v) is 5.48. The minimum absolute atomic E-state index is 0.286. The highest BCUT2D eigenvalue weighted by Crippen LogP contribution is 2.31. The molecule has 2 heterocycles. The monoisotopic (exact) mass is 313 g/mol. The molecule has 0 aliphatic heterocycles. The van der Waals surface area contributed by atoms with Crippen LogP contribution in [0.2, 0.25) is 0 Å². The van der Waals surface area contributed by atoms with E-state index in [0.29, 0.717) is 5.82 Å². The molecule has 1 N–H and O–H groups in total. The van der Waals surface area contributed by atoms with Crippen LogP contribution < -0.4 is 5.32 Å². The Morgan fingerprint density at radius 1 is 1.04 bits per heavy atom. The molecular weight excluding hydrogens is 298 g/mol. The minimum Gasteiger partial charge on any atom is -0.341 e. The van der Waals surface area contributed by atoms with Crippen molar-refractivity contribution in [3.63, 3.8) is 0 Å². The van der Waals surface area contributed by atoms with Crippen molar-refractivity contribution in [3.05, 3.63) is 60.6 Å². The number of nitriles is 1. The van der Waals surface area contributed by atoms with Gasteiger partial charge in [0.25, 0.3) is 0 Å². The van der Waals surface area contributed by atoms with Gasteiger partial charge >= 0.3 is 0 Å². The van der Waals surface area contributed by atoms with Crippen LogP contribution >= 0.6 is 0 Å². The van der Waals surface area contributed by atoms with Gasteiger partial charge in [-0.15, -0.1) is 0 Å². The van der Waals surface area contributed by atoms with Crippen LogP contribution in [-0.4, -0.2) is 14.5 Å². The third-order valence-corrected chi connectivity index (χ3v) is 4.16. The molecule has 0 bridgehead atoms. The molecule has 116 valence electrons. The number of benzene rings is 2. The van der Waals surface area contributed by atoms with Crippen LogP contribution in [0.1, 0.15) is 12.6 Å². The van der Waals surface area contributed by atoms with E-state index in [0.717, 1.165) is 12.2 Å². The van der Waals surface area contributed by atoms with E-state index >= 15 is 0 Å². The fourth-order valence-electron chi connectivity index (χ4n) is 3.12. The molecule has 0 saturated heterocycles. The van der Waals surface area contributed by atoms with Gasteiger partial charge in [-0.2, -0.15) is 5.26 Å². The summed E-state index contributed by atoms with van der Waals surface area (Å²) in [5.41, 5.74) is 3.60. The lowest BCUT2D eigenvalue weighted by molar-refractivity contribution is 0.827. The standard InChI is InChI=1S/C19H15N5/c1-2-24-17-6-4-3-5-14(17)15-11-13(7-8-18(15)24)23-19-16(12-20)21-9-10-22-19/h3-11H,2H2,1H3,(H,22,23). The smallest absolute Gasteiger partial charge is 0.183 e. The van der Waals surface area contributed by atoms with E-state index in [2.05, 4.69) is 69.2 Å². The SMILES string of the molecule is CCn1c2ccccc2c2cc(Nc3nccnc3C#N)ccc21. The third kappa shape index (κ3) is 2.17. The Morgan fingerprint density at radius 3 is 2.67 bits per heavy atom. The van der Waals surface area contributed by atoms with Gasteiger partial charge in [0.15, 0.2) is 11.5 Å². The fourth-order valence-corrected chi connectivity index (χ4v) is 3.12. The van der Waals surface area contributed by atoms with Crippen molar-refractivity contribution in [1.82, 2.24) is 14.5 Å². The number of aryl methyl sites for hydroxylation is 1. The first-order valence-corrected chi connectivity index (χ1v) is 7.81. The first-order valence-electron chi connectivity index (χ1n) is 7.81. The van der Waals surface area contributed by atoms with Crippen molar-refractivity contribution in [2.45, 2.75) is 13.5 Å². The topological polar surface area (TPSA) is 66.5 Å². The van der Waals surface area contributed by atoms with E-state index in [-0.39, 0.29) is 5.69 Å². The van der Waals surface area contributed by atoms with Crippen LogP contribution in [0.25, 0.3) is 21.8 Å². The van der Waals surface area contributed by atoms with Crippen molar-refractivity contribution in [1.29, 1.82) is 5.26 Å². The zero-order valence-corrected chi connectivity index (χ0v) is 13.2. The summed E-state index contributed by atoms with van der Waals surface area (Å²) in [6.07, 6.45) is 3.09. The Labute approximate surface area is 139 Å². The summed E-state index contributed by atoms with van der Waals surface area (Å²) < 4.78 is 2.30. The molecule has 4 rings (SSSR count). The third-order valence-electron chi connectivity index (χ3n) is 4.16. The number of aromatic nitrogens is 3. The van der Waals surface area contributed by atoms with Gasteiger partial charge in [-0.1, -0.05) is 18.2 Å². The molecule has 2 aromatic heterocycles. The predicted octanol–water partition coefficient (Wildman–Crippen LogP) is 4.22. The van der Waals surface area contributed by atoms with Crippen LogP contribution in [0.3, 0.4) is 0 Å². The number of anilines is 2. The average molecular weight is 313 g/mol. The molecule has 24 heavy (non-hydrogen) atoms. The van der Waals surface area contributed by atoms with Gasteiger partial charge in [0.05, 0.1) is 0 Å². The van der Waals surface area contributed by atoms with E-state index in [4.69, 9.17) is 5.26 Å². The highest BCUT2D eigenvalue weighted by molar-refractivity contribution is 6.09. The van der Waals surface area contributed by atoms with Crippen molar-refractivity contribution in [3.8, 4) is 6.07 Å². The second-order valence-electron chi connectivity index (χ2n) is 5.48. The van der Waals surface area contributed by atoms with Crippen LogP contribution in [0, 0.1) is 11.3 Å². The van der Waals surface area contributed by atoms with Crippen molar-refractivity contribution < 1.29 is 0 Å². The number of para-hydroxylation sites is 1. The highest BCUT2D eigenvalue weighted by atomic mass is 15.0. The van der Waals surface area contributed by atoms with Gasteiger partial charge in [-0.3, -0.25) is 0 Å². The number of hydrogen-bond acceptors (Lipinski definition) is 4. The maximum Gasteiger partial charge on any atom is 0.183 e. The molecule has 5 nitrogen and oxygen atoms in total. The molecule has 0 aliphatic rings. The molecule has 0 fully saturated rings. The Morgan fingerprint density at radius 2 is 1.83 bits per heavy atom. The van der Waals surface area contributed by atoms with Gasteiger partial charge < -0.3 is 9.88 Å². The maximum absolute atomic E-state index is 9.15. The number of nitrogens with one attached hydrogen (secondary N) is 1. The lowest BCUT2D eigenvalue weighted by Crippen LogP contribution is -1.98. The highest BCUT2D eigenvalue weighted by Gasteiger charge is 2.11. The van der Waals surface area contributed by atoms with Crippen molar-refractivity contribution in [2.75, 3.05) is 5.32 Å². The summed E-state index contributed by atoms with van der Waals surface area (Å²) in [5.74, 6) is 0.471. The zero-order valence-electron chi connectivity index (χ0n) is 13.2. The van der Waals surface area contributed by atoms with Crippen molar-refractivity contribution in [2.24, 2.45) is 0 Å². The lowest BCUT2D eigenvalue weighted by atomic mass is 10.1. The van der Waals surface area contributed by atoms with Crippen LogP contribution in [0.5, 0.6) is 0 Å². The molecule has 4 aromatic rings. The van der Waals surface area contributed by atoms with E-state index in [1.54, 1.807) is 6.20 Å².